The molecule has 1 aromatic rings. The first-order chi connectivity index (χ1) is 8.24. The van der Waals surface area contributed by atoms with Crippen molar-refractivity contribution in [3.63, 3.8) is 0 Å². The van der Waals surface area contributed by atoms with Crippen LogP contribution in [-0.4, -0.2) is 25.8 Å². The maximum atomic E-state index is 9.10. The van der Waals surface area contributed by atoms with Crippen LogP contribution in [0.3, 0.4) is 0 Å². The van der Waals surface area contributed by atoms with Crippen LogP contribution in [0, 0.1) is 11.3 Å². The Bertz CT molecular complexity index is 343. The van der Waals surface area contributed by atoms with E-state index >= 15 is 0 Å². The average Bonchev–Trinajstić information content (AvgIpc) is 2.34. The van der Waals surface area contributed by atoms with Crippen molar-refractivity contribution in [2.24, 2.45) is 0 Å². The summed E-state index contributed by atoms with van der Waals surface area (Å²) in [4.78, 5) is 0. The number of ether oxygens (including phenoxy) is 1. The van der Waals surface area contributed by atoms with Gasteiger partial charge in [-0.25, -0.2) is 0 Å². The quantitative estimate of drug-likeness (QED) is 0.734. The van der Waals surface area contributed by atoms with Gasteiger partial charge in [-0.05, 0) is 19.4 Å². The molecule has 0 aromatic heterocycles. The van der Waals surface area contributed by atoms with Gasteiger partial charge in [0.05, 0.1) is 24.7 Å². The van der Waals surface area contributed by atoms with Crippen LogP contribution in [0.1, 0.15) is 25.3 Å². The normalized spacial score (nSPS) is 12.4. The Morgan fingerprint density at radius 3 is 2.59 bits per heavy atom. The molecule has 1 N–H and O–H groups in total. The molecule has 92 valence electrons. The van der Waals surface area contributed by atoms with Crippen LogP contribution < -0.4 is 5.32 Å². The minimum Gasteiger partial charge on any atom is -0.377 e. The van der Waals surface area contributed by atoms with Crippen molar-refractivity contribution >= 4 is 0 Å². The summed E-state index contributed by atoms with van der Waals surface area (Å²) in [7, 11) is 0. The van der Waals surface area contributed by atoms with Gasteiger partial charge in [0.15, 0.2) is 0 Å². The van der Waals surface area contributed by atoms with Gasteiger partial charge < -0.3 is 10.1 Å². The molecule has 1 rings (SSSR count). The third-order valence-electron chi connectivity index (χ3n) is 2.44. The van der Waals surface area contributed by atoms with E-state index in [1.807, 2.05) is 44.2 Å². The van der Waals surface area contributed by atoms with Crippen LogP contribution in [0.25, 0.3) is 0 Å². The minimum absolute atomic E-state index is 0.0877. The molecule has 0 aliphatic rings. The molecule has 3 nitrogen and oxygen atoms in total. The first-order valence-corrected chi connectivity index (χ1v) is 6.01. The van der Waals surface area contributed by atoms with Crippen molar-refractivity contribution in [3.05, 3.63) is 35.9 Å². The first-order valence-electron chi connectivity index (χ1n) is 6.01. The van der Waals surface area contributed by atoms with Crippen molar-refractivity contribution in [1.29, 1.82) is 5.26 Å². The number of hydrogen-bond acceptors (Lipinski definition) is 3. The number of hydrogen-bond donors (Lipinski definition) is 1. The third-order valence-corrected chi connectivity index (χ3v) is 2.44. The predicted molar refractivity (Wildman–Crippen MR) is 68.8 cm³/mol. The Morgan fingerprint density at radius 1 is 1.29 bits per heavy atom. The van der Waals surface area contributed by atoms with Crippen LogP contribution >= 0.6 is 0 Å². The van der Waals surface area contributed by atoms with E-state index in [4.69, 9.17) is 10.00 Å². The number of benzene rings is 1. The molecule has 17 heavy (non-hydrogen) atoms. The highest BCUT2D eigenvalue weighted by Gasteiger charge is 2.08. The summed E-state index contributed by atoms with van der Waals surface area (Å²) < 4.78 is 5.42. The Labute approximate surface area is 103 Å². The van der Waals surface area contributed by atoms with Crippen LogP contribution in [0.15, 0.2) is 30.3 Å². The lowest BCUT2D eigenvalue weighted by molar-refractivity contribution is 0.0809. The number of rotatable bonds is 7. The lowest BCUT2D eigenvalue weighted by atomic mass is 10.0. The summed E-state index contributed by atoms with van der Waals surface area (Å²) in [6.45, 7) is 6.17. The lowest BCUT2D eigenvalue weighted by Crippen LogP contribution is -2.25. The number of nitriles is 1. The zero-order chi connectivity index (χ0) is 12.5. The lowest BCUT2D eigenvalue weighted by Gasteiger charge is -2.12. The molecule has 0 radical (unpaired) electrons. The van der Waals surface area contributed by atoms with Crippen LogP contribution in [-0.2, 0) is 4.74 Å². The van der Waals surface area contributed by atoms with Gasteiger partial charge in [0.1, 0.15) is 0 Å². The Hall–Kier alpha value is -1.37. The van der Waals surface area contributed by atoms with Crippen molar-refractivity contribution in [2.75, 3.05) is 19.7 Å². The van der Waals surface area contributed by atoms with Gasteiger partial charge in [-0.2, -0.15) is 5.26 Å². The van der Waals surface area contributed by atoms with Gasteiger partial charge in [0, 0.05) is 13.1 Å². The standard InChI is InChI=1S/C14H20N2O/c1-12(2)17-9-8-16-11-14(10-15)13-6-4-3-5-7-13/h3-7,12,14,16H,8-9,11H2,1-2H3. The van der Waals surface area contributed by atoms with Gasteiger partial charge in [-0.15, -0.1) is 0 Å². The maximum Gasteiger partial charge on any atom is 0.0837 e. The highest BCUT2D eigenvalue weighted by molar-refractivity contribution is 5.24. The van der Waals surface area contributed by atoms with E-state index in [0.29, 0.717) is 13.2 Å². The van der Waals surface area contributed by atoms with E-state index in [9.17, 15) is 0 Å². The average molecular weight is 232 g/mol. The molecular weight excluding hydrogens is 212 g/mol. The van der Waals surface area contributed by atoms with Gasteiger partial charge in [0.2, 0.25) is 0 Å². The Kier molecular flexibility index (Phi) is 6.31. The molecule has 1 unspecified atom stereocenters. The minimum atomic E-state index is -0.0877. The van der Waals surface area contributed by atoms with Crippen LogP contribution in [0.4, 0.5) is 0 Å². The van der Waals surface area contributed by atoms with Gasteiger partial charge in [-0.3, -0.25) is 0 Å². The Balaban J connectivity index is 2.27. The molecule has 0 aliphatic carbocycles. The second kappa shape index (κ2) is 7.83. The summed E-state index contributed by atoms with van der Waals surface area (Å²) in [6.07, 6.45) is 0.262. The first kappa shape index (κ1) is 13.7. The predicted octanol–water partition coefficient (Wildman–Crippen LogP) is 2.31. The highest BCUT2D eigenvalue weighted by atomic mass is 16.5. The van der Waals surface area contributed by atoms with Crippen molar-refractivity contribution in [2.45, 2.75) is 25.9 Å². The fourth-order valence-electron chi connectivity index (χ4n) is 1.54. The van der Waals surface area contributed by atoms with Crippen LogP contribution in [0.5, 0.6) is 0 Å². The van der Waals surface area contributed by atoms with E-state index < -0.39 is 0 Å². The molecule has 3 heteroatoms. The second-order valence-electron chi connectivity index (χ2n) is 4.22. The fraction of sp³-hybridized carbons (Fsp3) is 0.500. The van der Waals surface area contributed by atoms with Gasteiger partial charge in [-0.1, -0.05) is 30.3 Å². The number of nitrogens with one attached hydrogen (secondary N) is 1. The van der Waals surface area contributed by atoms with E-state index in [1.165, 1.54) is 0 Å². The summed E-state index contributed by atoms with van der Waals surface area (Å²) in [5, 5.41) is 12.3. The summed E-state index contributed by atoms with van der Waals surface area (Å²) in [5.41, 5.74) is 1.06. The topological polar surface area (TPSA) is 45.0 Å². The SMILES string of the molecule is CC(C)OCCNCC(C#N)c1ccccc1. The summed E-state index contributed by atoms with van der Waals surface area (Å²) in [6, 6.07) is 12.2. The molecule has 0 fully saturated rings. The largest absolute Gasteiger partial charge is 0.377 e. The van der Waals surface area contributed by atoms with Crippen molar-refractivity contribution in [3.8, 4) is 6.07 Å². The molecule has 0 amide bonds. The molecular formula is C14H20N2O. The molecule has 0 heterocycles. The molecule has 1 aromatic carbocycles. The zero-order valence-electron chi connectivity index (χ0n) is 10.5. The highest BCUT2D eigenvalue weighted by Crippen LogP contribution is 2.12. The maximum absolute atomic E-state index is 9.10. The summed E-state index contributed by atoms with van der Waals surface area (Å²) in [5.74, 6) is -0.0877. The smallest absolute Gasteiger partial charge is 0.0837 e. The van der Waals surface area contributed by atoms with Crippen LogP contribution in [0.2, 0.25) is 0 Å². The van der Waals surface area contributed by atoms with E-state index in [2.05, 4.69) is 11.4 Å². The molecule has 1 atom stereocenters. The van der Waals surface area contributed by atoms with E-state index in [0.717, 1.165) is 12.1 Å². The second-order valence-corrected chi connectivity index (χ2v) is 4.22. The molecule has 0 bridgehead atoms. The third kappa shape index (κ3) is 5.48. The molecule has 0 saturated carbocycles. The molecule has 0 saturated heterocycles. The van der Waals surface area contributed by atoms with Gasteiger partial charge in [0.25, 0.3) is 0 Å². The molecule has 0 aliphatic heterocycles. The fourth-order valence-corrected chi connectivity index (χ4v) is 1.54. The van der Waals surface area contributed by atoms with E-state index in [1.54, 1.807) is 0 Å². The monoisotopic (exact) mass is 232 g/mol. The van der Waals surface area contributed by atoms with Crippen molar-refractivity contribution in [1.82, 2.24) is 5.32 Å². The Morgan fingerprint density at radius 2 is 2.00 bits per heavy atom. The van der Waals surface area contributed by atoms with Crippen molar-refractivity contribution < 1.29 is 4.74 Å². The number of nitrogens with zero attached hydrogens (tertiary/aromatic N) is 1. The zero-order valence-corrected chi connectivity index (χ0v) is 10.5. The van der Waals surface area contributed by atoms with Gasteiger partial charge >= 0.3 is 0 Å². The van der Waals surface area contributed by atoms with E-state index in [-0.39, 0.29) is 12.0 Å². The summed E-state index contributed by atoms with van der Waals surface area (Å²) >= 11 is 0. The molecule has 0 spiro atoms.